The fourth-order valence-electron chi connectivity index (χ4n) is 4.64. The molecule has 0 radical (unpaired) electrons. The second kappa shape index (κ2) is 8.51. The Morgan fingerprint density at radius 2 is 1.69 bits per heavy atom. The Hall–Kier alpha value is -2.44. The molecule has 1 aliphatic heterocycles. The highest BCUT2D eigenvalue weighted by atomic mass is 16.2. The van der Waals surface area contributed by atoms with E-state index < -0.39 is 0 Å². The number of carbonyl (C=O) groups is 1. The van der Waals surface area contributed by atoms with Crippen molar-refractivity contribution in [3.63, 3.8) is 0 Å². The molecule has 0 aromatic carbocycles. The molecule has 1 saturated carbocycles. The lowest BCUT2D eigenvalue weighted by Gasteiger charge is -2.35. The number of hydrogen-bond acceptors (Lipinski definition) is 5. The van der Waals surface area contributed by atoms with E-state index in [-0.39, 0.29) is 0 Å². The Bertz CT molecular complexity index is 862. The molecule has 0 unspecified atom stereocenters. The summed E-state index contributed by atoms with van der Waals surface area (Å²) in [7, 11) is 0. The van der Waals surface area contributed by atoms with Crippen molar-refractivity contribution in [1.82, 2.24) is 24.6 Å². The second-order valence-electron chi connectivity index (χ2n) is 8.53. The minimum absolute atomic E-state index is 0.318. The van der Waals surface area contributed by atoms with E-state index in [0.29, 0.717) is 12.3 Å². The van der Waals surface area contributed by atoms with Gasteiger partial charge in [0.2, 0.25) is 5.91 Å². The lowest BCUT2D eigenvalue weighted by Crippen LogP contribution is -2.49. The van der Waals surface area contributed by atoms with Gasteiger partial charge in [-0.2, -0.15) is 5.10 Å². The van der Waals surface area contributed by atoms with Crippen LogP contribution in [0.1, 0.15) is 55.7 Å². The number of carbonyl (C=O) groups excluding carboxylic acids is 1. The Balaban J connectivity index is 1.38. The SMILES string of the molecule is Cc1cc(C)n(-c2cc(N3CCN(C(=O)CCC4CCCC4)CC3)nc(C)n2)n1. The normalized spacial score (nSPS) is 17.9. The van der Waals surface area contributed by atoms with Crippen molar-refractivity contribution in [2.75, 3.05) is 31.1 Å². The molecular weight excluding hydrogens is 364 g/mol. The van der Waals surface area contributed by atoms with E-state index in [9.17, 15) is 4.79 Å². The van der Waals surface area contributed by atoms with Crippen LogP contribution in [0.4, 0.5) is 5.82 Å². The maximum atomic E-state index is 12.6. The van der Waals surface area contributed by atoms with Gasteiger partial charge in [-0.3, -0.25) is 4.79 Å². The van der Waals surface area contributed by atoms with Gasteiger partial charge in [0, 0.05) is 44.4 Å². The predicted molar refractivity (Wildman–Crippen MR) is 113 cm³/mol. The van der Waals surface area contributed by atoms with Crippen LogP contribution in [0.3, 0.4) is 0 Å². The van der Waals surface area contributed by atoms with Crippen LogP contribution in [0, 0.1) is 26.7 Å². The van der Waals surface area contributed by atoms with Crippen molar-refractivity contribution in [3.05, 3.63) is 29.3 Å². The standard InChI is InChI=1S/C22H32N6O/c1-16-14-17(2)28(25-16)21-15-20(23-18(3)24-21)26-10-12-27(13-11-26)22(29)9-8-19-6-4-5-7-19/h14-15,19H,4-13H2,1-3H3. The van der Waals surface area contributed by atoms with Crippen molar-refractivity contribution < 1.29 is 4.79 Å². The number of hydrogen-bond donors (Lipinski definition) is 0. The van der Waals surface area contributed by atoms with Crippen molar-refractivity contribution in [1.29, 1.82) is 0 Å². The van der Waals surface area contributed by atoms with E-state index in [1.165, 1.54) is 25.7 Å². The number of aromatic nitrogens is 4. The largest absolute Gasteiger partial charge is 0.353 e. The fraction of sp³-hybridized carbons (Fsp3) is 0.636. The van der Waals surface area contributed by atoms with Crippen molar-refractivity contribution in [2.24, 2.45) is 5.92 Å². The third-order valence-electron chi connectivity index (χ3n) is 6.24. The molecule has 156 valence electrons. The van der Waals surface area contributed by atoms with E-state index in [0.717, 1.165) is 67.4 Å². The Morgan fingerprint density at radius 1 is 1.00 bits per heavy atom. The van der Waals surface area contributed by atoms with Gasteiger partial charge in [-0.05, 0) is 39.2 Å². The Labute approximate surface area is 173 Å². The van der Waals surface area contributed by atoms with Crippen LogP contribution in [-0.4, -0.2) is 56.7 Å². The quantitative estimate of drug-likeness (QED) is 0.776. The van der Waals surface area contributed by atoms with Crippen molar-refractivity contribution >= 4 is 11.7 Å². The minimum Gasteiger partial charge on any atom is -0.353 e. The van der Waals surface area contributed by atoms with Gasteiger partial charge in [0.15, 0.2) is 5.82 Å². The molecule has 2 aromatic rings. The van der Waals surface area contributed by atoms with Crippen LogP contribution < -0.4 is 4.90 Å². The van der Waals surface area contributed by atoms with Crippen LogP contribution >= 0.6 is 0 Å². The molecule has 2 fully saturated rings. The number of aryl methyl sites for hydroxylation is 3. The summed E-state index contributed by atoms with van der Waals surface area (Å²) in [6.07, 6.45) is 7.08. The highest BCUT2D eigenvalue weighted by Gasteiger charge is 2.24. The molecule has 2 aromatic heterocycles. The Morgan fingerprint density at radius 3 is 2.34 bits per heavy atom. The first-order valence-electron chi connectivity index (χ1n) is 10.9. The van der Waals surface area contributed by atoms with Gasteiger partial charge in [-0.15, -0.1) is 0 Å². The van der Waals surface area contributed by atoms with E-state index in [4.69, 9.17) is 0 Å². The molecule has 1 saturated heterocycles. The highest BCUT2D eigenvalue weighted by Crippen LogP contribution is 2.29. The molecule has 3 heterocycles. The number of nitrogens with zero attached hydrogens (tertiary/aromatic N) is 6. The van der Waals surface area contributed by atoms with Crippen molar-refractivity contribution in [3.8, 4) is 5.82 Å². The topological polar surface area (TPSA) is 67.2 Å². The van der Waals surface area contributed by atoms with E-state index in [1.54, 1.807) is 0 Å². The number of piperazine rings is 1. The number of rotatable bonds is 5. The summed E-state index contributed by atoms with van der Waals surface area (Å²) < 4.78 is 1.87. The summed E-state index contributed by atoms with van der Waals surface area (Å²) in [5, 5.41) is 4.55. The molecule has 1 amide bonds. The smallest absolute Gasteiger partial charge is 0.222 e. The zero-order chi connectivity index (χ0) is 20.4. The van der Waals surface area contributed by atoms with Gasteiger partial charge in [-0.25, -0.2) is 14.6 Å². The molecule has 0 N–H and O–H groups in total. The zero-order valence-electron chi connectivity index (χ0n) is 17.9. The first kappa shape index (κ1) is 19.9. The third kappa shape index (κ3) is 4.60. The molecular formula is C22H32N6O. The molecule has 1 aliphatic carbocycles. The first-order valence-corrected chi connectivity index (χ1v) is 10.9. The minimum atomic E-state index is 0.318. The summed E-state index contributed by atoms with van der Waals surface area (Å²) in [5.41, 5.74) is 2.04. The van der Waals surface area contributed by atoms with Gasteiger partial charge >= 0.3 is 0 Å². The third-order valence-corrected chi connectivity index (χ3v) is 6.24. The molecule has 7 nitrogen and oxygen atoms in total. The van der Waals surface area contributed by atoms with Gasteiger partial charge in [-0.1, -0.05) is 25.7 Å². The number of amides is 1. The lowest BCUT2D eigenvalue weighted by molar-refractivity contribution is -0.131. The van der Waals surface area contributed by atoms with E-state index >= 15 is 0 Å². The monoisotopic (exact) mass is 396 g/mol. The van der Waals surface area contributed by atoms with Gasteiger partial charge < -0.3 is 9.80 Å². The molecule has 0 spiro atoms. The predicted octanol–water partition coefficient (Wildman–Crippen LogP) is 3.21. The highest BCUT2D eigenvalue weighted by molar-refractivity contribution is 5.76. The van der Waals surface area contributed by atoms with Crippen LogP contribution in [0.5, 0.6) is 0 Å². The molecule has 0 atom stereocenters. The molecule has 29 heavy (non-hydrogen) atoms. The average Bonchev–Trinajstić information content (AvgIpc) is 3.35. The van der Waals surface area contributed by atoms with E-state index in [2.05, 4.69) is 20.0 Å². The summed E-state index contributed by atoms with van der Waals surface area (Å²) >= 11 is 0. The number of anilines is 1. The Kier molecular flexibility index (Phi) is 5.83. The summed E-state index contributed by atoms with van der Waals surface area (Å²) in [6.45, 7) is 9.09. The lowest BCUT2D eigenvalue weighted by atomic mass is 10.0. The molecule has 0 bridgehead atoms. The van der Waals surface area contributed by atoms with Crippen LogP contribution in [-0.2, 0) is 4.79 Å². The van der Waals surface area contributed by atoms with Crippen LogP contribution in [0.15, 0.2) is 12.1 Å². The zero-order valence-corrected chi connectivity index (χ0v) is 17.9. The first-order chi connectivity index (χ1) is 14.0. The summed E-state index contributed by atoms with van der Waals surface area (Å²) in [5.74, 6) is 3.54. The van der Waals surface area contributed by atoms with Gasteiger partial charge in [0.25, 0.3) is 0 Å². The van der Waals surface area contributed by atoms with Gasteiger partial charge in [0.1, 0.15) is 11.6 Å². The molecule has 7 heteroatoms. The fourth-order valence-corrected chi connectivity index (χ4v) is 4.64. The molecule has 4 rings (SSSR count). The van der Waals surface area contributed by atoms with Gasteiger partial charge in [0.05, 0.1) is 5.69 Å². The second-order valence-corrected chi connectivity index (χ2v) is 8.53. The van der Waals surface area contributed by atoms with Crippen LogP contribution in [0.25, 0.3) is 5.82 Å². The average molecular weight is 397 g/mol. The van der Waals surface area contributed by atoms with E-state index in [1.807, 2.05) is 42.5 Å². The van der Waals surface area contributed by atoms with Crippen LogP contribution in [0.2, 0.25) is 0 Å². The summed E-state index contributed by atoms with van der Waals surface area (Å²) in [6, 6.07) is 4.05. The van der Waals surface area contributed by atoms with Crippen molar-refractivity contribution in [2.45, 2.75) is 59.3 Å². The molecule has 2 aliphatic rings. The maximum absolute atomic E-state index is 12.6. The maximum Gasteiger partial charge on any atom is 0.222 e. The summed E-state index contributed by atoms with van der Waals surface area (Å²) in [4.78, 5) is 26.1.